The molecule has 2 aromatic carbocycles. The molecule has 0 spiro atoms. The quantitative estimate of drug-likeness (QED) is 0.248. The second-order valence-corrected chi connectivity index (χ2v) is 9.73. The SMILES string of the molecule is COc1ccc(CC(=O)N[C@@H](NC(=S)Nc2ccc(Cl)c(Cl)c2)C(Cl)(Cl)Cl)cc1OC. The Kier molecular flexibility index (Phi) is 9.61. The summed E-state index contributed by atoms with van der Waals surface area (Å²) in [5.41, 5.74) is 1.24. The molecule has 0 bridgehead atoms. The molecule has 6 nitrogen and oxygen atoms in total. The summed E-state index contributed by atoms with van der Waals surface area (Å²) < 4.78 is 8.54. The lowest BCUT2D eigenvalue weighted by Gasteiger charge is -2.28. The van der Waals surface area contributed by atoms with Crippen LogP contribution < -0.4 is 25.4 Å². The average molecular weight is 546 g/mol. The molecule has 0 fully saturated rings. The fraction of sp³-hybridized carbons (Fsp3) is 0.263. The van der Waals surface area contributed by atoms with Crippen molar-refractivity contribution in [3.05, 3.63) is 52.0 Å². The van der Waals surface area contributed by atoms with Crippen LogP contribution >= 0.6 is 70.2 Å². The van der Waals surface area contributed by atoms with Crippen molar-refractivity contribution < 1.29 is 14.3 Å². The maximum Gasteiger partial charge on any atom is 0.228 e. The maximum atomic E-state index is 12.6. The molecule has 0 aromatic heterocycles. The van der Waals surface area contributed by atoms with Gasteiger partial charge in [-0.3, -0.25) is 4.79 Å². The molecule has 1 amide bonds. The fourth-order valence-corrected chi connectivity index (χ4v) is 3.32. The van der Waals surface area contributed by atoms with Gasteiger partial charge < -0.3 is 25.4 Å². The summed E-state index contributed by atoms with van der Waals surface area (Å²) in [7, 11) is 3.03. The molecule has 0 aliphatic carbocycles. The lowest BCUT2D eigenvalue weighted by Crippen LogP contribution is -2.56. The van der Waals surface area contributed by atoms with Crippen molar-refractivity contribution in [1.82, 2.24) is 10.6 Å². The molecule has 0 heterocycles. The first-order chi connectivity index (χ1) is 14.5. The smallest absolute Gasteiger partial charge is 0.228 e. The Bertz CT molecular complexity index is 956. The number of alkyl halides is 3. The minimum absolute atomic E-state index is 0.00621. The average Bonchev–Trinajstić information content (AvgIpc) is 2.69. The van der Waals surface area contributed by atoms with Crippen LogP contribution in [0, 0.1) is 0 Å². The number of carbonyl (C=O) groups is 1. The summed E-state index contributed by atoms with van der Waals surface area (Å²) in [4.78, 5) is 12.6. The highest BCUT2D eigenvalue weighted by Crippen LogP contribution is 2.30. The van der Waals surface area contributed by atoms with Crippen LogP contribution in [0.4, 0.5) is 5.69 Å². The molecule has 12 heteroatoms. The predicted octanol–water partition coefficient (Wildman–Crippen LogP) is 5.35. The second-order valence-electron chi connectivity index (χ2n) is 6.14. The molecule has 2 aromatic rings. The van der Waals surface area contributed by atoms with Gasteiger partial charge in [0.15, 0.2) is 16.6 Å². The number of halogens is 5. The molecular weight excluding hydrogens is 528 g/mol. The van der Waals surface area contributed by atoms with Crippen molar-refractivity contribution in [2.45, 2.75) is 16.4 Å². The first-order valence-corrected chi connectivity index (χ1v) is 10.9. The van der Waals surface area contributed by atoms with Gasteiger partial charge in [-0.2, -0.15) is 0 Å². The maximum absolute atomic E-state index is 12.6. The summed E-state index contributed by atoms with van der Waals surface area (Å²) in [6.45, 7) is 0. The molecule has 168 valence electrons. The van der Waals surface area contributed by atoms with Crippen LogP contribution in [0.15, 0.2) is 36.4 Å². The minimum Gasteiger partial charge on any atom is -0.493 e. The molecule has 1 atom stereocenters. The van der Waals surface area contributed by atoms with Gasteiger partial charge in [-0.15, -0.1) is 0 Å². The highest BCUT2D eigenvalue weighted by molar-refractivity contribution is 7.80. The van der Waals surface area contributed by atoms with E-state index in [9.17, 15) is 4.79 Å². The summed E-state index contributed by atoms with van der Waals surface area (Å²) in [5, 5.41) is 9.11. The van der Waals surface area contributed by atoms with Crippen LogP contribution in [-0.2, 0) is 11.2 Å². The van der Waals surface area contributed by atoms with Crippen molar-refractivity contribution in [3.8, 4) is 11.5 Å². The van der Waals surface area contributed by atoms with Gasteiger partial charge in [0, 0.05) is 5.69 Å². The Labute approximate surface area is 210 Å². The number of amides is 1. The Hall–Kier alpha value is -1.35. The molecule has 31 heavy (non-hydrogen) atoms. The van der Waals surface area contributed by atoms with E-state index < -0.39 is 15.9 Å². The van der Waals surface area contributed by atoms with Crippen molar-refractivity contribution >= 4 is 86.9 Å². The molecule has 0 saturated heterocycles. The Balaban J connectivity index is 2.04. The third-order valence-electron chi connectivity index (χ3n) is 3.90. The van der Waals surface area contributed by atoms with E-state index in [2.05, 4.69) is 16.0 Å². The number of nitrogens with one attached hydrogen (secondary N) is 3. The van der Waals surface area contributed by atoms with Gasteiger partial charge in [-0.25, -0.2) is 0 Å². The van der Waals surface area contributed by atoms with Gasteiger partial charge in [0.2, 0.25) is 9.70 Å². The zero-order chi connectivity index (χ0) is 23.2. The highest BCUT2D eigenvalue weighted by atomic mass is 35.6. The molecule has 0 aliphatic heterocycles. The zero-order valence-corrected chi connectivity index (χ0v) is 20.9. The van der Waals surface area contributed by atoms with Crippen LogP contribution in [0.1, 0.15) is 5.56 Å². The molecule has 0 unspecified atom stereocenters. The number of benzene rings is 2. The first-order valence-electron chi connectivity index (χ1n) is 8.63. The van der Waals surface area contributed by atoms with Gasteiger partial charge >= 0.3 is 0 Å². The number of methoxy groups -OCH3 is 2. The van der Waals surface area contributed by atoms with Crippen LogP contribution in [-0.4, -0.2) is 35.2 Å². The predicted molar refractivity (Wildman–Crippen MR) is 131 cm³/mol. The third-order valence-corrected chi connectivity index (χ3v) is 5.51. The Morgan fingerprint density at radius 2 is 1.68 bits per heavy atom. The summed E-state index contributed by atoms with van der Waals surface area (Å²) in [6.07, 6.45) is -1.11. The van der Waals surface area contributed by atoms with Crippen molar-refractivity contribution in [2.75, 3.05) is 19.5 Å². The largest absolute Gasteiger partial charge is 0.493 e. The summed E-state index contributed by atoms with van der Waals surface area (Å²) in [5.74, 6) is 0.635. The van der Waals surface area contributed by atoms with Gasteiger partial charge in [-0.1, -0.05) is 64.1 Å². The van der Waals surface area contributed by atoms with Gasteiger partial charge in [0.1, 0.15) is 6.17 Å². The summed E-state index contributed by atoms with van der Waals surface area (Å²) in [6, 6.07) is 9.97. The van der Waals surface area contributed by atoms with E-state index in [4.69, 9.17) is 79.7 Å². The lowest BCUT2D eigenvalue weighted by molar-refractivity contribution is -0.121. The van der Waals surface area contributed by atoms with Crippen molar-refractivity contribution in [2.24, 2.45) is 0 Å². The number of ether oxygens (including phenoxy) is 2. The van der Waals surface area contributed by atoms with Gasteiger partial charge in [-0.05, 0) is 48.1 Å². The molecule has 3 N–H and O–H groups in total. The second kappa shape index (κ2) is 11.5. The number of rotatable bonds is 7. The Morgan fingerprint density at radius 3 is 2.26 bits per heavy atom. The monoisotopic (exact) mass is 543 g/mol. The van der Waals surface area contributed by atoms with Crippen molar-refractivity contribution in [1.29, 1.82) is 0 Å². The molecule has 0 saturated carbocycles. The van der Waals surface area contributed by atoms with E-state index in [1.165, 1.54) is 14.2 Å². The number of anilines is 1. The third kappa shape index (κ3) is 7.93. The highest BCUT2D eigenvalue weighted by Gasteiger charge is 2.34. The normalized spacial score (nSPS) is 12.0. The van der Waals surface area contributed by atoms with E-state index in [0.29, 0.717) is 32.8 Å². The van der Waals surface area contributed by atoms with E-state index in [-0.39, 0.29) is 11.5 Å². The van der Waals surface area contributed by atoms with Gasteiger partial charge in [0.05, 0.1) is 30.7 Å². The van der Waals surface area contributed by atoms with E-state index >= 15 is 0 Å². The first kappa shape index (κ1) is 25.9. The number of thiocarbonyl (C=S) groups is 1. The topological polar surface area (TPSA) is 71.6 Å². The van der Waals surface area contributed by atoms with Crippen LogP contribution in [0.5, 0.6) is 11.5 Å². The van der Waals surface area contributed by atoms with E-state index in [1.54, 1.807) is 36.4 Å². The molecule has 0 radical (unpaired) electrons. The minimum atomic E-state index is -1.89. The van der Waals surface area contributed by atoms with Crippen molar-refractivity contribution in [3.63, 3.8) is 0 Å². The molecule has 2 rings (SSSR count). The van der Waals surface area contributed by atoms with Crippen LogP contribution in [0.2, 0.25) is 10.0 Å². The molecular formula is C19H18Cl5N3O3S. The van der Waals surface area contributed by atoms with Gasteiger partial charge in [0.25, 0.3) is 0 Å². The summed E-state index contributed by atoms with van der Waals surface area (Å²) >= 11 is 35.2. The van der Waals surface area contributed by atoms with E-state index in [0.717, 1.165) is 0 Å². The van der Waals surface area contributed by atoms with E-state index in [1.807, 2.05) is 0 Å². The fourth-order valence-electron chi connectivity index (χ4n) is 2.46. The molecule has 0 aliphatic rings. The lowest BCUT2D eigenvalue weighted by atomic mass is 10.1. The standard InChI is InChI=1S/C19H18Cl5N3O3S/c1-29-14-6-3-10(7-15(14)30-2)8-16(28)26-17(19(22,23)24)27-18(31)25-11-4-5-12(20)13(21)9-11/h3-7,9,17H,8H2,1-2H3,(H,26,28)(H2,25,27,31)/t17-/m0/s1. The zero-order valence-electron chi connectivity index (χ0n) is 16.3. The Morgan fingerprint density at radius 1 is 1.00 bits per heavy atom. The van der Waals surface area contributed by atoms with Crippen LogP contribution in [0.25, 0.3) is 0 Å². The number of hydrogen-bond acceptors (Lipinski definition) is 4. The number of hydrogen-bond donors (Lipinski definition) is 3. The number of carbonyl (C=O) groups excluding carboxylic acids is 1. The van der Waals surface area contributed by atoms with Crippen LogP contribution in [0.3, 0.4) is 0 Å².